The number of hydrogen-bond donors (Lipinski definition) is 1. The first-order valence-electron chi connectivity index (χ1n) is 4.35. The number of fused-ring (bicyclic) bond motifs is 3. The van der Waals surface area contributed by atoms with E-state index in [4.69, 9.17) is 5.73 Å². The Morgan fingerprint density at radius 1 is 1.53 bits per heavy atom. The first-order valence-corrected chi connectivity index (χ1v) is 5.96. The summed E-state index contributed by atoms with van der Waals surface area (Å²) in [5.41, 5.74) is 8.54. The minimum absolute atomic E-state index is 0.473. The van der Waals surface area contributed by atoms with Crippen LogP contribution in [0.5, 0.6) is 0 Å². The Bertz CT molecular complexity index is 669. The summed E-state index contributed by atoms with van der Waals surface area (Å²) < 4.78 is 3.08. The molecule has 3 heterocycles. The Morgan fingerprint density at radius 2 is 2.33 bits per heavy atom. The van der Waals surface area contributed by atoms with Crippen molar-refractivity contribution in [1.29, 1.82) is 0 Å². The van der Waals surface area contributed by atoms with Gasteiger partial charge in [0.1, 0.15) is 10.3 Å². The monoisotopic (exact) mass is 282 g/mol. The average Bonchev–Trinajstić information content (AvgIpc) is 2.69. The van der Waals surface area contributed by atoms with Gasteiger partial charge in [-0.15, -0.1) is 11.3 Å². The molecule has 4 nitrogen and oxygen atoms in total. The number of hydrogen-bond acceptors (Lipinski definition) is 4. The van der Waals surface area contributed by atoms with Gasteiger partial charge in [0.05, 0.1) is 3.79 Å². The number of nitrogens with zero attached hydrogens (tertiary/aromatic N) is 3. The fourth-order valence-electron chi connectivity index (χ4n) is 1.64. The van der Waals surface area contributed by atoms with Crippen LogP contribution in [0.4, 0.5) is 5.82 Å². The van der Waals surface area contributed by atoms with Crippen molar-refractivity contribution in [2.75, 3.05) is 5.73 Å². The summed E-state index contributed by atoms with van der Waals surface area (Å²) >= 11 is 5.08. The molecular weight excluding hydrogens is 276 g/mol. The third kappa shape index (κ3) is 1.18. The molecule has 0 unspecified atom stereocenters. The maximum atomic E-state index is 5.84. The van der Waals surface area contributed by atoms with Crippen LogP contribution in [0.25, 0.3) is 16.0 Å². The number of aromatic nitrogens is 3. The molecular formula is C9H7BrN4S. The minimum atomic E-state index is 0.473. The number of aryl methyl sites for hydroxylation is 1. The molecule has 0 saturated carbocycles. The lowest BCUT2D eigenvalue weighted by Crippen LogP contribution is -1.97. The second kappa shape index (κ2) is 2.93. The molecule has 0 amide bonds. The Morgan fingerprint density at radius 3 is 3.13 bits per heavy atom. The van der Waals surface area contributed by atoms with Gasteiger partial charge < -0.3 is 5.73 Å². The summed E-state index contributed by atoms with van der Waals surface area (Å²) in [6, 6.07) is 1.97. The van der Waals surface area contributed by atoms with Gasteiger partial charge >= 0.3 is 0 Å². The van der Waals surface area contributed by atoms with Crippen molar-refractivity contribution in [3.05, 3.63) is 21.7 Å². The van der Waals surface area contributed by atoms with Crippen molar-refractivity contribution < 1.29 is 0 Å². The number of rotatable bonds is 0. The van der Waals surface area contributed by atoms with Crippen LogP contribution in [-0.2, 0) is 0 Å². The van der Waals surface area contributed by atoms with Gasteiger partial charge in [0.25, 0.3) is 0 Å². The van der Waals surface area contributed by atoms with E-state index in [0.29, 0.717) is 5.82 Å². The maximum absolute atomic E-state index is 5.84. The van der Waals surface area contributed by atoms with Crippen molar-refractivity contribution in [1.82, 2.24) is 14.4 Å². The predicted molar refractivity (Wildman–Crippen MR) is 65.2 cm³/mol. The fraction of sp³-hybridized carbons (Fsp3) is 0.111. The standard InChI is InChI=1S/C9H7BrN4S/c1-4-3-12-8-7(11)13-5-2-6(10)15-9(5)14(4)8/h2-3H,1H3,(H2,11,13). The van der Waals surface area contributed by atoms with Crippen LogP contribution < -0.4 is 5.73 Å². The zero-order valence-corrected chi connectivity index (χ0v) is 10.3. The molecule has 6 heteroatoms. The third-order valence-electron chi connectivity index (χ3n) is 2.27. The van der Waals surface area contributed by atoms with Gasteiger partial charge in [0, 0.05) is 11.9 Å². The highest BCUT2D eigenvalue weighted by Crippen LogP contribution is 2.31. The van der Waals surface area contributed by atoms with Crippen LogP contribution in [0.15, 0.2) is 16.0 Å². The number of imidazole rings is 1. The van der Waals surface area contributed by atoms with Crippen molar-refractivity contribution in [2.45, 2.75) is 6.92 Å². The summed E-state index contributed by atoms with van der Waals surface area (Å²) in [4.78, 5) is 9.63. The highest BCUT2D eigenvalue weighted by Gasteiger charge is 2.11. The zero-order chi connectivity index (χ0) is 10.6. The van der Waals surface area contributed by atoms with Crippen molar-refractivity contribution in [3.8, 4) is 0 Å². The number of anilines is 1. The maximum Gasteiger partial charge on any atom is 0.181 e. The summed E-state index contributed by atoms with van der Waals surface area (Å²) in [5.74, 6) is 0.473. The van der Waals surface area contributed by atoms with Crippen LogP contribution in [0.2, 0.25) is 0 Å². The molecule has 0 saturated heterocycles. The molecule has 3 rings (SSSR count). The second-order valence-electron chi connectivity index (χ2n) is 3.30. The first kappa shape index (κ1) is 9.11. The molecule has 0 spiro atoms. The van der Waals surface area contributed by atoms with E-state index >= 15 is 0 Å². The van der Waals surface area contributed by atoms with Crippen molar-refractivity contribution in [2.24, 2.45) is 0 Å². The van der Waals surface area contributed by atoms with Gasteiger partial charge in [-0.3, -0.25) is 4.40 Å². The molecule has 15 heavy (non-hydrogen) atoms. The van der Waals surface area contributed by atoms with E-state index in [2.05, 4.69) is 25.9 Å². The van der Waals surface area contributed by atoms with E-state index in [1.54, 1.807) is 17.5 Å². The largest absolute Gasteiger partial charge is 0.381 e. The van der Waals surface area contributed by atoms with E-state index in [-0.39, 0.29) is 0 Å². The van der Waals surface area contributed by atoms with Crippen LogP contribution >= 0.6 is 27.3 Å². The van der Waals surface area contributed by atoms with Crippen LogP contribution in [0.1, 0.15) is 5.69 Å². The quantitative estimate of drug-likeness (QED) is 0.690. The first-order chi connectivity index (χ1) is 7.16. The van der Waals surface area contributed by atoms with Crippen molar-refractivity contribution in [3.63, 3.8) is 0 Å². The number of thiophene rings is 1. The van der Waals surface area contributed by atoms with E-state index in [0.717, 1.165) is 25.5 Å². The lowest BCUT2D eigenvalue weighted by atomic mass is 10.5. The molecule has 2 N–H and O–H groups in total. The predicted octanol–water partition coefficient (Wildman–Crippen LogP) is 2.60. The highest BCUT2D eigenvalue weighted by atomic mass is 79.9. The molecule has 0 atom stereocenters. The van der Waals surface area contributed by atoms with Crippen molar-refractivity contribution >= 4 is 49.1 Å². The van der Waals surface area contributed by atoms with Gasteiger partial charge in [-0.2, -0.15) is 0 Å². The highest BCUT2D eigenvalue weighted by molar-refractivity contribution is 9.11. The molecule has 0 bridgehead atoms. The normalized spacial score (nSPS) is 11.6. The van der Waals surface area contributed by atoms with Crippen LogP contribution in [0, 0.1) is 6.92 Å². The Hall–Kier alpha value is -1.14. The molecule has 0 aliphatic heterocycles. The van der Waals surface area contributed by atoms with E-state index in [1.165, 1.54) is 0 Å². The molecule has 0 aromatic carbocycles. The molecule has 0 aliphatic carbocycles. The van der Waals surface area contributed by atoms with Gasteiger partial charge in [-0.25, -0.2) is 9.97 Å². The Kier molecular flexibility index (Phi) is 1.78. The average molecular weight is 283 g/mol. The summed E-state index contributed by atoms with van der Waals surface area (Å²) in [7, 11) is 0. The SMILES string of the molecule is Cc1cnc2c(N)nc3cc(Br)sc3n12. The number of halogens is 1. The third-order valence-corrected chi connectivity index (χ3v) is 3.89. The van der Waals surface area contributed by atoms with E-state index in [9.17, 15) is 0 Å². The number of nitrogen functional groups attached to an aromatic ring is 1. The second-order valence-corrected chi connectivity index (χ2v) is 5.71. The van der Waals surface area contributed by atoms with Gasteiger partial charge in [0.2, 0.25) is 0 Å². The molecule has 3 aromatic heterocycles. The molecule has 76 valence electrons. The smallest absolute Gasteiger partial charge is 0.181 e. The summed E-state index contributed by atoms with van der Waals surface area (Å²) in [5, 5.41) is 0. The fourth-order valence-corrected chi connectivity index (χ4v) is 3.20. The molecule has 0 fully saturated rings. The van der Waals surface area contributed by atoms with E-state index < -0.39 is 0 Å². The van der Waals surface area contributed by atoms with Crippen LogP contribution in [0.3, 0.4) is 0 Å². The zero-order valence-electron chi connectivity index (χ0n) is 7.86. The summed E-state index contributed by atoms with van der Waals surface area (Å²) in [6.07, 6.45) is 1.81. The molecule has 0 radical (unpaired) electrons. The van der Waals surface area contributed by atoms with E-state index in [1.807, 2.05) is 17.4 Å². The van der Waals surface area contributed by atoms with Gasteiger partial charge in [0.15, 0.2) is 11.5 Å². The Labute approximate surface area is 97.9 Å². The van der Waals surface area contributed by atoms with Gasteiger partial charge in [-0.05, 0) is 28.9 Å². The Balaban J connectivity index is 2.66. The lowest BCUT2D eigenvalue weighted by Gasteiger charge is -2.00. The van der Waals surface area contributed by atoms with Gasteiger partial charge in [-0.1, -0.05) is 0 Å². The minimum Gasteiger partial charge on any atom is -0.381 e. The topological polar surface area (TPSA) is 56.2 Å². The lowest BCUT2D eigenvalue weighted by molar-refractivity contribution is 1.16. The molecule has 0 aliphatic rings. The number of nitrogens with two attached hydrogens (primary N) is 1. The van der Waals surface area contributed by atoms with Crippen LogP contribution in [-0.4, -0.2) is 14.4 Å². The summed E-state index contributed by atoms with van der Waals surface area (Å²) in [6.45, 7) is 2.01. The molecule has 3 aromatic rings.